The van der Waals surface area contributed by atoms with Crippen molar-refractivity contribution in [3.8, 4) is 0 Å². The van der Waals surface area contributed by atoms with Gasteiger partial charge < -0.3 is 20.4 Å². The highest BCUT2D eigenvalue weighted by Crippen LogP contribution is 2.15. The van der Waals surface area contributed by atoms with Gasteiger partial charge in [0.25, 0.3) is 0 Å². The first kappa shape index (κ1) is 24.0. The topological polar surface area (TPSA) is 77.0 Å². The number of hydrogen-bond donors (Lipinski definition) is 2. The highest BCUT2D eigenvalue weighted by molar-refractivity contribution is 14.0. The molecule has 0 aliphatic rings. The van der Waals surface area contributed by atoms with E-state index in [-0.39, 0.29) is 42.4 Å². The van der Waals surface area contributed by atoms with Gasteiger partial charge in [-0.15, -0.1) is 24.0 Å². The van der Waals surface area contributed by atoms with E-state index in [9.17, 15) is 22.8 Å². The Balaban J connectivity index is 0. The Morgan fingerprint density at radius 3 is 2.09 bits per heavy atom. The lowest BCUT2D eigenvalue weighted by Gasteiger charge is -2.18. The maximum atomic E-state index is 12.2. The number of carbonyl (C=O) groups excluding carboxylic acids is 2. The summed E-state index contributed by atoms with van der Waals surface area (Å²) in [5.41, 5.74) is 0. The predicted molar refractivity (Wildman–Crippen MR) is 91.8 cm³/mol. The van der Waals surface area contributed by atoms with Crippen LogP contribution < -0.4 is 10.6 Å². The van der Waals surface area contributed by atoms with Crippen LogP contribution in [0.3, 0.4) is 0 Å². The number of guanidine groups is 1. The van der Waals surface area contributed by atoms with Crippen molar-refractivity contribution < 1.29 is 22.8 Å². The molecule has 0 saturated heterocycles. The van der Waals surface area contributed by atoms with E-state index in [1.54, 1.807) is 21.0 Å². The van der Waals surface area contributed by atoms with Gasteiger partial charge in [0, 0.05) is 27.7 Å². The van der Waals surface area contributed by atoms with Gasteiger partial charge in [-0.2, -0.15) is 13.2 Å². The number of halogens is 4. The molecule has 0 radical (unpaired) electrons. The number of alkyl halides is 3. The molecule has 11 heteroatoms. The van der Waals surface area contributed by atoms with Crippen molar-refractivity contribution >= 4 is 41.8 Å². The first-order chi connectivity index (χ1) is 10.1. The summed E-state index contributed by atoms with van der Waals surface area (Å²) in [5, 5.41) is 5.49. The van der Waals surface area contributed by atoms with Gasteiger partial charge in [-0.1, -0.05) is 0 Å². The van der Waals surface area contributed by atoms with E-state index >= 15 is 0 Å². The number of nitrogens with zero attached hydrogens (tertiary/aromatic N) is 3. The molecule has 0 atom stereocenters. The summed E-state index contributed by atoms with van der Waals surface area (Å²) in [6.45, 7) is 0.449. The standard InChI is InChI=1S/C12H22F3N5O2.HI/c1-5-16-11(17-6-9(21)19(2)3)18-7-10(22)20(4)8-12(13,14)15;/h5-8H2,1-4H3,(H2,16,17,18);1H. The van der Waals surface area contributed by atoms with Crippen LogP contribution in [0.4, 0.5) is 13.2 Å². The minimum Gasteiger partial charge on any atom is -0.357 e. The molecule has 0 aromatic carbocycles. The minimum absolute atomic E-state index is 0. The fourth-order valence-electron chi connectivity index (χ4n) is 1.28. The molecule has 0 fully saturated rings. The molecule has 136 valence electrons. The minimum atomic E-state index is -4.45. The summed E-state index contributed by atoms with van der Waals surface area (Å²) in [4.78, 5) is 28.8. The maximum Gasteiger partial charge on any atom is 0.406 e. The monoisotopic (exact) mass is 453 g/mol. The summed E-state index contributed by atoms with van der Waals surface area (Å²) in [5.74, 6) is -0.786. The van der Waals surface area contributed by atoms with Gasteiger partial charge in [0.2, 0.25) is 11.8 Å². The van der Waals surface area contributed by atoms with E-state index in [1.807, 2.05) is 0 Å². The van der Waals surface area contributed by atoms with E-state index in [4.69, 9.17) is 0 Å². The van der Waals surface area contributed by atoms with Crippen LogP contribution in [-0.4, -0.2) is 81.1 Å². The van der Waals surface area contributed by atoms with Gasteiger partial charge in [-0.05, 0) is 6.92 Å². The van der Waals surface area contributed by atoms with E-state index in [0.29, 0.717) is 11.4 Å². The molecule has 0 bridgehead atoms. The molecule has 0 rings (SSSR count). The van der Waals surface area contributed by atoms with Gasteiger partial charge in [0.15, 0.2) is 5.96 Å². The van der Waals surface area contributed by atoms with Gasteiger partial charge in [-0.25, -0.2) is 4.99 Å². The number of nitrogens with one attached hydrogen (secondary N) is 2. The van der Waals surface area contributed by atoms with Crippen molar-refractivity contribution in [2.75, 3.05) is 47.3 Å². The molecule has 23 heavy (non-hydrogen) atoms. The lowest BCUT2D eigenvalue weighted by Crippen LogP contribution is -2.43. The van der Waals surface area contributed by atoms with E-state index in [0.717, 1.165) is 7.05 Å². The second-order valence-electron chi connectivity index (χ2n) is 4.70. The Kier molecular flexibility index (Phi) is 11.8. The highest BCUT2D eigenvalue weighted by atomic mass is 127. The van der Waals surface area contributed by atoms with Crippen molar-refractivity contribution in [2.45, 2.75) is 13.1 Å². The van der Waals surface area contributed by atoms with Crippen LogP contribution in [0, 0.1) is 0 Å². The summed E-state index contributed by atoms with van der Waals surface area (Å²) in [6.07, 6.45) is -4.45. The van der Waals surface area contributed by atoms with Crippen LogP contribution in [0.5, 0.6) is 0 Å². The Bertz CT molecular complexity index is 416. The summed E-state index contributed by atoms with van der Waals surface area (Å²) in [6, 6.07) is 0. The SMILES string of the molecule is CCNC(=NCC(=O)N(C)CC(F)(F)F)NCC(=O)N(C)C.I. The lowest BCUT2D eigenvalue weighted by atomic mass is 10.4. The lowest BCUT2D eigenvalue weighted by molar-refractivity contribution is -0.157. The van der Waals surface area contributed by atoms with Crippen molar-refractivity contribution in [3.63, 3.8) is 0 Å². The number of hydrogen-bond acceptors (Lipinski definition) is 3. The third-order valence-corrected chi connectivity index (χ3v) is 2.46. The molecule has 0 aliphatic carbocycles. The average molecular weight is 453 g/mol. The Morgan fingerprint density at radius 2 is 1.65 bits per heavy atom. The molecule has 0 heterocycles. The number of likely N-dealkylation sites (N-methyl/N-ethyl adjacent to an activating group) is 2. The summed E-state index contributed by atoms with van der Waals surface area (Å²) >= 11 is 0. The molecule has 0 aromatic rings. The maximum absolute atomic E-state index is 12.2. The number of carbonyl (C=O) groups is 2. The molecule has 0 spiro atoms. The molecule has 2 N–H and O–H groups in total. The van der Waals surface area contributed by atoms with Gasteiger partial charge in [0.05, 0.1) is 6.54 Å². The van der Waals surface area contributed by atoms with Crippen LogP contribution >= 0.6 is 24.0 Å². The smallest absolute Gasteiger partial charge is 0.357 e. The van der Waals surface area contributed by atoms with Crippen LogP contribution in [-0.2, 0) is 9.59 Å². The molecule has 0 unspecified atom stereocenters. The van der Waals surface area contributed by atoms with Gasteiger partial charge >= 0.3 is 6.18 Å². The molecular formula is C12H23F3IN5O2. The van der Waals surface area contributed by atoms with Crippen LogP contribution in [0.15, 0.2) is 4.99 Å². The molecule has 0 aliphatic heterocycles. The van der Waals surface area contributed by atoms with Gasteiger partial charge in [0.1, 0.15) is 13.1 Å². The van der Waals surface area contributed by atoms with Crippen molar-refractivity contribution in [2.24, 2.45) is 4.99 Å². The third-order valence-electron chi connectivity index (χ3n) is 2.46. The predicted octanol–water partition coefficient (Wildman–Crippen LogP) is 0.268. The zero-order valence-electron chi connectivity index (χ0n) is 13.5. The Labute approximate surface area is 150 Å². The van der Waals surface area contributed by atoms with Crippen LogP contribution in [0.2, 0.25) is 0 Å². The van der Waals surface area contributed by atoms with Crippen molar-refractivity contribution in [3.05, 3.63) is 0 Å². The number of aliphatic imine (C=N–C) groups is 1. The highest BCUT2D eigenvalue weighted by Gasteiger charge is 2.31. The Hall–Kier alpha value is -1.27. The second-order valence-corrected chi connectivity index (χ2v) is 4.70. The fourth-order valence-corrected chi connectivity index (χ4v) is 1.28. The molecule has 0 saturated carbocycles. The Morgan fingerprint density at radius 1 is 1.09 bits per heavy atom. The summed E-state index contributed by atoms with van der Waals surface area (Å²) < 4.78 is 36.5. The van der Waals surface area contributed by atoms with Gasteiger partial charge in [-0.3, -0.25) is 9.59 Å². The van der Waals surface area contributed by atoms with Crippen molar-refractivity contribution in [1.82, 2.24) is 20.4 Å². The molecule has 2 amide bonds. The number of rotatable bonds is 6. The summed E-state index contributed by atoms with van der Waals surface area (Å²) in [7, 11) is 4.23. The van der Waals surface area contributed by atoms with Crippen LogP contribution in [0.1, 0.15) is 6.92 Å². The van der Waals surface area contributed by atoms with E-state index < -0.39 is 25.2 Å². The zero-order valence-corrected chi connectivity index (χ0v) is 15.9. The van der Waals surface area contributed by atoms with Crippen molar-refractivity contribution in [1.29, 1.82) is 0 Å². The normalized spacial score (nSPS) is 11.3. The van der Waals surface area contributed by atoms with E-state index in [1.165, 1.54) is 4.90 Å². The first-order valence-electron chi connectivity index (χ1n) is 6.59. The molecule has 0 aromatic heterocycles. The fraction of sp³-hybridized carbons (Fsp3) is 0.750. The van der Waals surface area contributed by atoms with Crippen LogP contribution in [0.25, 0.3) is 0 Å². The zero-order chi connectivity index (χ0) is 17.3. The quantitative estimate of drug-likeness (QED) is 0.344. The average Bonchev–Trinajstić information content (AvgIpc) is 2.38. The largest absolute Gasteiger partial charge is 0.406 e. The second kappa shape index (κ2) is 11.3. The first-order valence-corrected chi connectivity index (χ1v) is 6.59. The third kappa shape index (κ3) is 11.9. The molecule has 7 nitrogen and oxygen atoms in total. The molecular weight excluding hydrogens is 430 g/mol. The number of amides is 2. The van der Waals surface area contributed by atoms with E-state index in [2.05, 4.69) is 15.6 Å².